The van der Waals surface area contributed by atoms with Crippen LogP contribution in [0.15, 0.2) is 35.6 Å². The third kappa shape index (κ3) is 5.41. The van der Waals surface area contributed by atoms with Crippen molar-refractivity contribution in [1.29, 1.82) is 0 Å². The molecule has 13 heteroatoms. The van der Waals surface area contributed by atoms with Crippen molar-refractivity contribution < 1.29 is 64.2 Å². The molecular formula is C25H36O13. The molecule has 4 rings (SSSR count). The summed E-state index contributed by atoms with van der Waals surface area (Å²) >= 11 is 0. The molecule has 3 heterocycles. The van der Waals surface area contributed by atoms with Gasteiger partial charge in [0.05, 0.1) is 38.6 Å². The molecule has 0 radical (unpaired) electrons. The van der Waals surface area contributed by atoms with Gasteiger partial charge in [0.25, 0.3) is 0 Å². The van der Waals surface area contributed by atoms with Crippen molar-refractivity contribution in [2.75, 3.05) is 26.4 Å². The van der Waals surface area contributed by atoms with Crippen molar-refractivity contribution in [3.63, 3.8) is 0 Å². The predicted octanol–water partition coefficient (Wildman–Crippen LogP) is -2.40. The van der Waals surface area contributed by atoms with Crippen LogP contribution in [0.4, 0.5) is 0 Å². The van der Waals surface area contributed by atoms with E-state index in [1.54, 1.807) is 19.1 Å². The van der Waals surface area contributed by atoms with Crippen molar-refractivity contribution in [1.82, 2.24) is 0 Å². The summed E-state index contributed by atoms with van der Waals surface area (Å²) < 4.78 is 28.5. The molecule has 13 nitrogen and oxygen atoms in total. The topological polar surface area (TPSA) is 208 Å². The fourth-order valence-electron chi connectivity index (χ4n) is 5.44. The largest absolute Gasteiger partial charge is 0.472 e. The summed E-state index contributed by atoms with van der Waals surface area (Å²) in [5.74, 6) is -1.73. The number of hydrogen-bond donors (Lipinski definition) is 7. The molecule has 1 saturated carbocycles. The highest BCUT2D eigenvalue weighted by molar-refractivity contribution is 5.88. The Kier molecular flexibility index (Phi) is 9.25. The second-order valence-electron chi connectivity index (χ2n) is 9.92. The summed E-state index contributed by atoms with van der Waals surface area (Å²) in [6.07, 6.45) is -2.91. The highest BCUT2D eigenvalue weighted by atomic mass is 16.8. The highest BCUT2D eigenvalue weighted by Crippen LogP contribution is 2.60. The normalized spacial score (nSPS) is 42.3. The third-order valence-corrected chi connectivity index (χ3v) is 7.66. The summed E-state index contributed by atoms with van der Waals surface area (Å²) in [7, 11) is 0. The zero-order chi connectivity index (χ0) is 27.6. The lowest BCUT2D eigenvalue weighted by atomic mass is 9.85. The van der Waals surface area contributed by atoms with E-state index in [9.17, 15) is 35.4 Å². The van der Waals surface area contributed by atoms with Gasteiger partial charge in [0.1, 0.15) is 42.2 Å². The van der Waals surface area contributed by atoms with Crippen LogP contribution < -0.4 is 0 Å². The minimum absolute atomic E-state index is 0.183. The minimum Gasteiger partial charge on any atom is -0.472 e. The number of aliphatic hydroxyl groups excluding tert-OH is 7. The van der Waals surface area contributed by atoms with Crippen LogP contribution in [0.2, 0.25) is 0 Å². The standard InChI is InChI=1S/C25H36O13/c1-12(3-2-4-13(9-27)5-7-26)22(33)36-20-14-6-8-34-23(16(14)25(11-29)21(20)38-25)37-24-19(32)18(31)17(30)15(10-28)35-24/h3,5-6,8,14-21,23-24,26-32H,2,4,7,9-11H2,1H3/b12-3+,13-5-/t14-,15-,16-,17-,18+,19-,20+,21+,23+,24-,25-/m1/s1. The molecular weight excluding hydrogens is 508 g/mol. The molecule has 0 aromatic carbocycles. The molecule has 0 aromatic heterocycles. The molecule has 2 saturated heterocycles. The first-order valence-corrected chi connectivity index (χ1v) is 12.6. The van der Waals surface area contributed by atoms with Crippen molar-refractivity contribution in [2.45, 2.75) is 74.6 Å². The Balaban J connectivity index is 1.44. The molecule has 38 heavy (non-hydrogen) atoms. The Bertz CT molecular complexity index is 932. The van der Waals surface area contributed by atoms with Gasteiger partial charge in [-0.3, -0.25) is 0 Å². The lowest BCUT2D eigenvalue weighted by molar-refractivity contribution is -0.344. The fourth-order valence-corrected chi connectivity index (χ4v) is 5.44. The maximum atomic E-state index is 12.9. The summed E-state index contributed by atoms with van der Waals surface area (Å²) in [6.45, 7) is 0.177. The van der Waals surface area contributed by atoms with E-state index in [4.69, 9.17) is 28.8 Å². The highest BCUT2D eigenvalue weighted by Gasteiger charge is 2.77. The molecule has 4 aliphatic rings. The zero-order valence-corrected chi connectivity index (χ0v) is 20.9. The summed E-state index contributed by atoms with van der Waals surface area (Å²) in [6, 6.07) is 0. The molecule has 0 bridgehead atoms. The van der Waals surface area contributed by atoms with E-state index in [0.29, 0.717) is 24.0 Å². The van der Waals surface area contributed by atoms with E-state index >= 15 is 0 Å². The predicted molar refractivity (Wildman–Crippen MR) is 126 cm³/mol. The first kappa shape index (κ1) is 29.1. The Morgan fingerprint density at radius 3 is 2.47 bits per heavy atom. The number of epoxide rings is 1. The first-order chi connectivity index (χ1) is 18.2. The van der Waals surface area contributed by atoms with Crippen LogP contribution in [0.25, 0.3) is 0 Å². The number of carbonyl (C=O) groups is 1. The van der Waals surface area contributed by atoms with E-state index in [-0.39, 0.29) is 13.2 Å². The molecule has 0 spiro atoms. The number of esters is 1. The van der Waals surface area contributed by atoms with Gasteiger partial charge >= 0.3 is 5.97 Å². The number of carbonyl (C=O) groups excluding carboxylic acids is 1. The van der Waals surface area contributed by atoms with Crippen molar-refractivity contribution >= 4 is 5.97 Å². The van der Waals surface area contributed by atoms with Gasteiger partial charge in [-0.1, -0.05) is 12.2 Å². The number of aliphatic hydroxyl groups is 7. The quantitative estimate of drug-likeness (QED) is 0.0627. The van der Waals surface area contributed by atoms with Gasteiger partial charge < -0.3 is 59.4 Å². The SMILES string of the molecule is C/C(=C\CC/C(=C/CO)CO)C(=O)O[C@H]1[C@@H]2C=CO[C@@H](O[C@H]3O[C@H](CO)[C@@H](O)[C@H](O)[C@H]3O)[C@@H]2[C@@]2(CO)O[C@@H]12. The molecule has 214 valence electrons. The van der Waals surface area contributed by atoms with Crippen LogP contribution in [-0.4, -0.2) is 123 Å². The Morgan fingerprint density at radius 1 is 1.05 bits per heavy atom. The van der Waals surface area contributed by atoms with Gasteiger partial charge in [-0.25, -0.2) is 4.79 Å². The van der Waals surface area contributed by atoms with Gasteiger partial charge in [-0.15, -0.1) is 0 Å². The second-order valence-corrected chi connectivity index (χ2v) is 9.92. The van der Waals surface area contributed by atoms with Crippen LogP contribution in [0.5, 0.6) is 0 Å². The van der Waals surface area contributed by atoms with Gasteiger partial charge in [0.2, 0.25) is 6.29 Å². The maximum Gasteiger partial charge on any atom is 0.333 e. The number of hydrogen-bond acceptors (Lipinski definition) is 13. The first-order valence-electron chi connectivity index (χ1n) is 12.6. The van der Waals surface area contributed by atoms with E-state index in [1.807, 2.05) is 0 Å². The van der Waals surface area contributed by atoms with E-state index < -0.39 is 85.8 Å². The van der Waals surface area contributed by atoms with Crippen LogP contribution in [0.1, 0.15) is 19.8 Å². The second kappa shape index (κ2) is 12.1. The van der Waals surface area contributed by atoms with E-state index in [0.717, 1.165) is 0 Å². The zero-order valence-electron chi connectivity index (χ0n) is 20.9. The Morgan fingerprint density at radius 2 is 1.82 bits per heavy atom. The smallest absolute Gasteiger partial charge is 0.333 e. The molecule has 0 amide bonds. The number of fused-ring (bicyclic) bond motifs is 3. The van der Waals surface area contributed by atoms with Gasteiger partial charge in [0.15, 0.2) is 6.29 Å². The summed E-state index contributed by atoms with van der Waals surface area (Å²) in [5, 5.41) is 68.4. The molecule has 3 aliphatic heterocycles. The van der Waals surface area contributed by atoms with Gasteiger partial charge in [0, 0.05) is 11.5 Å². The number of rotatable bonds is 11. The molecule has 3 fully saturated rings. The van der Waals surface area contributed by atoms with Gasteiger partial charge in [-0.05, 0) is 31.4 Å². The minimum atomic E-state index is -1.65. The molecule has 1 aliphatic carbocycles. The lowest BCUT2D eigenvalue weighted by Gasteiger charge is -2.43. The maximum absolute atomic E-state index is 12.9. The lowest BCUT2D eigenvalue weighted by Crippen LogP contribution is -2.60. The van der Waals surface area contributed by atoms with Crippen LogP contribution in [0.3, 0.4) is 0 Å². The van der Waals surface area contributed by atoms with Crippen molar-refractivity contribution in [3.05, 3.63) is 35.6 Å². The van der Waals surface area contributed by atoms with Crippen LogP contribution in [0, 0.1) is 11.8 Å². The molecule has 7 N–H and O–H groups in total. The van der Waals surface area contributed by atoms with Crippen molar-refractivity contribution in [3.8, 4) is 0 Å². The summed E-state index contributed by atoms with van der Waals surface area (Å²) in [5.41, 5.74) is -0.141. The van der Waals surface area contributed by atoms with E-state index in [2.05, 4.69) is 0 Å². The summed E-state index contributed by atoms with van der Waals surface area (Å²) in [4.78, 5) is 12.9. The Labute approximate surface area is 219 Å². The fraction of sp³-hybridized carbons (Fsp3) is 0.720. The number of allylic oxidation sites excluding steroid dienone is 1. The number of ether oxygens (including phenoxy) is 5. The van der Waals surface area contributed by atoms with Gasteiger partial charge in [-0.2, -0.15) is 0 Å². The van der Waals surface area contributed by atoms with Crippen LogP contribution in [-0.2, 0) is 28.5 Å². The van der Waals surface area contributed by atoms with Crippen molar-refractivity contribution in [2.24, 2.45) is 11.8 Å². The molecule has 0 aromatic rings. The average molecular weight is 545 g/mol. The average Bonchev–Trinajstić information content (AvgIpc) is 3.60. The third-order valence-electron chi connectivity index (χ3n) is 7.66. The Hall–Kier alpha value is -1.91. The monoisotopic (exact) mass is 544 g/mol. The molecule has 0 unspecified atom stereocenters. The van der Waals surface area contributed by atoms with E-state index in [1.165, 1.54) is 12.3 Å². The molecule has 11 atom stereocenters. The van der Waals surface area contributed by atoms with Crippen LogP contribution >= 0.6 is 0 Å².